The van der Waals surface area contributed by atoms with Gasteiger partial charge < -0.3 is 10.4 Å². The van der Waals surface area contributed by atoms with Crippen molar-refractivity contribution in [2.24, 2.45) is 0 Å². The highest BCUT2D eigenvalue weighted by Gasteiger charge is 2.04. The predicted octanol–water partition coefficient (Wildman–Crippen LogP) is 3.49. The van der Waals surface area contributed by atoms with E-state index in [2.05, 4.69) is 29.6 Å². The van der Waals surface area contributed by atoms with Gasteiger partial charge >= 0.3 is 5.97 Å². The topological polar surface area (TPSA) is 49.3 Å². The van der Waals surface area contributed by atoms with Crippen molar-refractivity contribution in [2.75, 3.05) is 11.9 Å². The maximum Gasteiger partial charge on any atom is 0.322 e. The van der Waals surface area contributed by atoms with Crippen molar-refractivity contribution >= 4 is 33.2 Å². The Kier molecular flexibility index (Phi) is 2.80. The fourth-order valence-electron chi connectivity index (χ4n) is 2.29. The van der Waals surface area contributed by atoms with Gasteiger partial charge in [-0.05, 0) is 34.4 Å². The van der Waals surface area contributed by atoms with Gasteiger partial charge in [0.1, 0.15) is 6.54 Å². The lowest BCUT2D eigenvalue weighted by Gasteiger charge is -2.09. The fraction of sp³-hybridized carbons (Fsp3) is 0.0625. The van der Waals surface area contributed by atoms with Crippen molar-refractivity contribution < 1.29 is 9.90 Å². The summed E-state index contributed by atoms with van der Waals surface area (Å²) < 4.78 is 0. The molecule has 0 aromatic heterocycles. The molecule has 0 saturated heterocycles. The summed E-state index contributed by atoms with van der Waals surface area (Å²) in [6.45, 7) is -0.0774. The molecule has 0 heterocycles. The molecule has 19 heavy (non-hydrogen) atoms. The van der Waals surface area contributed by atoms with Gasteiger partial charge in [0.25, 0.3) is 0 Å². The van der Waals surface area contributed by atoms with Gasteiger partial charge in [0.15, 0.2) is 0 Å². The Morgan fingerprint density at radius 2 is 1.63 bits per heavy atom. The van der Waals surface area contributed by atoms with Gasteiger partial charge in [-0.15, -0.1) is 0 Å². The lowest BCUT2D eigenvalue weighted by molar-refractivity contribution is -0.134. The van der Waals surface area contributed by atoms with Crippen LogP contribution >= 0.6 is 0 Å². The van der Waals surface area contributed by atoms with E-state index in [1.807, 2.05) is 30.3 Å². The van der Waals surface area contributed by atoms with E-state index in [0.29, 0.717) is 0 Å². The third kappa shape index (κ3) is 2.22. The van der Waals surface area contributed by atoms with Crippen LogP contribution in [-0.4, -0.2) is 17.6 Å². The van der Waals surface area contributed by atoms with Gasteiger partial charge in [0, 0.05) is 11.1 Å². The summed E-state index contributed by atoms with van der Waals surface area (Å²) in [5, 5.41) is 16.2. The molecule has 0 bridgehead atoms. The number of fused-ring (bicyclic) bond motifs is 2. The van der Waals surface area contributed by atoms with E-state index in [-0.39, 0.29) is 6.54 Å². The van der Waals surface area contributed by atoms with Crippen LogP contribution in [0.2, 0.25) is 0 Å². The summed E-state index contributed by atoms with van der Waals surface area (Å²) in [5.74, 6) is -0.863. The molecule has 0 aliphatic rings. The van der Waals surface area contributed by atoms with Crippen LogP contribution in [0.5, 0.6) is 0 Å². The Labute approximate surface area is 110 Å². The normalized spacial score (nSPS) is 10.7. The zero-order valence-electron chi connectivity index (χ0n) is 10.3. The number of benzene rings is 3. The third-order valence-electron chi connectivity index (χ3n) is 3.18. The lowest BCUT2D eigenvalue weighted by atomic mass is 10.0. The van der Waals surface area contributed by atoms with E-state index in [0.717, 1.165) is 21.8 Å². The highest BCUT2D eigenvalue weighted by atomic mass is 16.4. The standard InChI is InChI=1S/C16H13NO2/c18-16(19)10-17-15-7-3-6-13-8-11-4-1-2-5-12(11)9-14(13)15/h1-9,17H,10H2,(H,18,19). The van der Waals surface area contributed by atoms with Crippen LogP contribution in [0, 0.1) is 0 Å². The Morgan fingerprint density at radius 3 is 2.37 bits per heavy atom. The molecule has 0 saturated carbocycles. The second kappa shape index (κ2) is 4.61. The average molecular weight is 251 g/mol. The minimum atomic E-state index is -0.863. The molecule has 2 N–H and O–H groups in total. The van der Waals surface area contributed by atoms with Gasteiger partial charge in [-0.2, -0.15) is 0 Å². The van der Waals surface area contributed by atoms with Crippen LogP contribution in [0.4, 0.5) is 5.69 Å². The SMILES string of the molecule is O=C(O)CNc1cccc2cc3ccccc3cc12. The predicted molar refractivity (Wildman–Crippen MR) is 77.6 cm³/mol. The van der Waals surface area contributed by atoms with E-state index in [1.54, 1.807) is 0 Å². The molecule has 0 radical (unpaired) electrons. The summed E-state index contributed by atoms with van der Waals surface area (Å²) >= 11 is 0. The lowest BCUT2D eigenvalue weighted by Crippen LogP contribution is -2.12. The summed E-state index contributed by atoms with van der Waals surface area (Å²) in [6, 6.07) is 18.2. The van der Waals surface area contributed by atoms with Gasteiger partial charge in [-0.1, -0.05) is 36.4 Å². The number of carboxylic acids is 1. The average Bonchev–Trinajstić information content (AvgIpc) is 2.42. The molecule has 0 aliphatic carbocycles. The molecule has 0 atom stereocenters. The molecule has 3 rings (SSSR count). The molecular weight excluding hydrogens is 238 g/mol. The quantitative estimate of drug-likeness (QED) is 0.700. The van der Waals surface area contributed by atoms with Crippen LogP contribution in [0.3, 0.4) is 0 Å². The minimum Gasteiger partial charge on any atom is -0.480 e. The van der Waals surface area contributed by atoms with Crippen molar-refractivity contribution in [3.63, 3.8) is 0 Å². The number of rotatable bonds is 3. The van der Waals surface area contributed by atoms with E-state index in [4.69, 9.17) is 5.11 Å². The van der Waals surface area contributed by atoms with Crippen LogP contribution in [0.1, 0.15) is 0 Å². The van der Waals surface area contributed by atoms with E-state index >= 15 is 0 Å². The Hall–Kier alpha value is -2.55. The second-order valence-electron chi connectivity index (χ2n) is 4.47. The third-order valence-corrected chi connectivity index (χ3v) is 3.18. The maximum atomic E-state index is 10.7. The number of anilines is 1. The first-order valence-electron chi connectivity index (χ1n) is 6.11. The molecule has 0 spiro atoms. The molecule has 3 aromatic carbocycles. The molecule has 3 aromatic rings. The first kappa shape index (κ1) is 11.5. The monoisotopic (exact) mass is 251 g/mol. The first-order valence-corrected chi connectivity index (χ1v) is 6.11. The highest BCUT2D eigenvalue weighted by molar-refractivity contribution is 6.03. The number of carbonyl (C=O) groups is 1. The number of hydrogen-bond donors (Lipinski definition) is 2. The van der Waals surface area contributed by atoms with E-state index < -0.39 is 5.97 Å². The minimum absolute atomic E-state index is 0.0774. The highest BCUT2D eigenvalue weighted by Crippen LogP contribution is 2.28. The molecule has 0 aliphatic heterocycles. The summed E-state index contributed by atoms with van der Waals surface area (Å²) in [6.07, 6.45) is 0. The molecule has 94 valence electrons. The zero-order chi connectivity index (χ0) is 13.2. The van der Waals surface area contributed by atoms with Gasteiger partial charge in [-0.25, -0.2) is 0 Å². The largest absolute Gasteiger partial charge is 0.480 e. The second-order valence-corrected chi connectivity index (χ2v) is 4.47. The maximum absolute atomic E-state index is 10.7. The van der Waals surface area contributed by atoms with Crippen LogP contribution < -0.4 is 5.32 Å². The Bertz CT molecular complexity index is 765. The molecule has 0 amide bonds. The van der Waals surface area contributed by atoms with Gasteiger partial charge in [0.05, 0.1) is 0 Å². The number of aliphatic carboxylic acids is 1. The van der Waals surface area contributed by atoms with Crippen LogP contribution in [-0.2, 0) is 4.79 Å². The molecular formula is C16H13NO2. The fourth-order valence-corrected chi connectivity index (χ4v) is 2.29. The molecule has 0 unspecified atom stereocenters. The smallest absolute Gasteiger partial charge is 0.322 e. The van der Waals surface area contributed by atoms with Crippen LogP contribution in [0.15, 0.2) is 54.6 Å². The summed E-state index contributed by atoms with van der Waals surface area (Å²) in [5.41, 5.74) is 0.852. The Balaban J connectivity index is 2.17. The van der Waals surface area contributed by atoms with Crippen molar-refractivity contribution in [3.8, 4) is 0 Å². The number of nitrogens with one attached hydrogen (secondary N) is 1. The van der Waals surface area contributed by atoms with Crippen molar-refractivity contribution in [3.05, 3.63) is 54.6 Å². The van der Waals surface area contributed by atoms with Crippen molar-refractivity contribution in [1.82, 2.24) is 0 Å². The van der Waals surface area contributed by atoms with Crippen molar-refractivity contribution in [1.29, 1.82) is 0 Å². The summed E-state index contributed by atoms with van der Waals surface area (Å²) in [4.78, 5) is 10.7. The first-order chi connectivity index (χ1) is 9.24. The molecule has 3 nitrogen and oxygen atoms in total. The van der Waals surface area contributed by atoms with Gasteiger partial charge in [-0.3, -0.25) is 4.79 Å². The van der Waals surface area contributed by atoms with Crippen LogP contribution in [0.25, 0.3) is 21.5 Å². The molecule has 3 heteroatoms. The zero-order valence-corrected chi connectivity index (χ0v) is 10.3. The Morgan fingerprint density at radius 1 is 0.947 bits per heavy atom. The summed E-state index contributed by atoms with van der Waals surface area (Å²) in [7, 11) is 0. The van der Waals surface area contributed by atoms with E-state index in [1.165, 1.54) is 5.39 Å². The number of carboxylic acid groups (broad SMARTS) is 1. The van der Waals surface area contributed by atoms with E-state index in [9.17, 15) is 4.79 Å². The number of hydrogen-bond acceptors (Lipinski definition) is 2. The van der Waals surface area contributed by atoms with Crippen molar-refractivity contribution in [2.45, 2.75) is 0 Å². The molecule has 0 fully saturated rings. The van der Waals surface area contributed by atoms with Gasteiger partial charge in [0.2, 0.25) is 0 Å².